The zero-order chi connectivity index (χ0) is 42.4. The molecule has 0 aromatic heterocycles. The van der Waals surface area contributed by atoms with E-state index in [9.17, 15) is 0 Å². The third-order valence-electron chi connectivity index (χ3n) is 14.0. The van der Waals surface area contributed by atoms with Gasteiger partial charge in [0.15, 0.2) is 0 Å². The normalized spacial score (nSPS) is 15.1. The van der Waals surface area contributed by atoms with Crippen LogP contribution in [0.5, 0.6) is 0 Å². The lowest BCUT2D eigenvalue weighted by molar-refractivity contribution is 0.905. The van der Waals surface area contributed by atoms with Crippen LogP contribution in [0.4, 0.5) is 0 Å². The van der Waals surface area contributed by atoms with E-state index in [1.807, 2.05) is 0 Å². The molecular weight excluding hydrogens is 769 g/mol. The van der Waals surface area contributed by atoms with Crippen molar-refractivity contribution in [2.45, 2.75) is 38.5 Å². The second-order valence-corrected chi connectivity index (χ2v) is 17.6. The summed E-state index contributed by atoms with van der Waals surface area (Å²) < 4.78 is 0. The van der Waals surface area contributed by atoms with Crippen LogP contribution in [0.3, 0.4) is 0 Å². The molecule has 0 nitrogen and oxygen atoms in total. The molecule has 0 aliphatic heterocycles. The summed E-state index contributed by atoms with van der Waals surface area (Å²) in [6.45, 7) is 0. The molecule has 0 heteroatoms. The Kier molecular flexibility index (Phi) is 9.72. The van der Waals surface area contributed by atoms with Crippen LogP contribution in [0, 0.1) is 0 Å². The molecule has 0 spiro atoms. The number of benzene rings is 9. The zero-order valence-electron chi connectivity index (χ0n) is 36.0. The van der Waals surface area contributed by atoms with Crippen LogP contribution in [0.1, 0.15) is 49.7 Å². The van der Waals surface area contributed by atoms with E-state index >= 15 is 0 Å². The van der Waals surface area contributed by atoms with E-state index in [1.54, 1.807) is 0 Å². The second kappa shape index (κ2) is 16.3. The molecule has 9 aromatic carbocycles. The Balaban J connectivity index is 1.08. The highest BCUT2D eigenvalue weighted by Gasteiger charge is 2.25. The number of hydrogen-bond acceptors (Lipinski definition) is 0. The molecule has 3 aliphatic carbocycles. The van der Waals surface area contributed by atoms with Gasteiger partial charge in [-0.05, 0) is 160 Å². The molecule has 9 aromatic rings. The lowest BCUT2D eigenvalue weighted by Gasteiger charge is -2.24. The molecule has 0 amide bonds. The summed E-state index contributed by atoms with van der Waals surface area (Å²) in [4.78, 5) is 0. The first-order chi connectivity index (χ1) is 31.8. The number of hydrogen-bond donors (Lipinski definition) is 0. The minimum atomic E-state index is 1.03. The van der Waals surface area contributed by atoms with E-state index in [0.29, 0.717) is 0 Å². The average molecular weight is 817 g/mol. The Morgan fingerprint density at radius 1 is 0.234 bits per heavy atom. The lowest BCUT2D eigenvalue weighted by Crippen LogP contribution is -2.00. The molecule has 304 valence electrons. The fourth-order valence-electron chi connectivity index (χ4n) is 11.0. The van der Waals surface area contributed by atoms with Crippen LogP contribution in [0.15, 0.2) is 230 Å². The predicted molar refractivity (Wildman–Crippen MR) is 276 cm³/mol. The predicted octanol–water partition coefficient (Wildman–Crippen LogP) is 18.1. The Morgan fingerprint density at radius 3 is 1.02 bits per heavy atom. The summed E-state index contributed by atoms with van der Waals surface area (Å²) in [5.41, 5.74) is 18.6. The van der Waals surface area contributed by atoms with Crippen LogP contribution in [0.2, 0.25) is 0 Å². The van der Waals surface area contributed by atoms with Gasteiger partial charge in [-0.2, -0.15) is 0 Å². The smallest absolute Gasteiger partial charge is 0.00139 e. The summed E-state index contributed by atoms with van der Waals surface area (Å²) in [5, 5.41) is 10.2. The monoisotopic (exact) mass is 816 g/mol. The molecule has 0 saturated carbocycles. The summed E-state index contributed by atoms with van der Waals surface area (Å²) >= 11 is 0. The first-order valence-corrected chi connectivity index (χ1v) is 23.1. The number of fused-ring (bicyclic) bond motifs is 4. The van der Waals surface area contributed by atoms with Gasteiger partial charge in [0.1, 0.15) is 0 Å². The summed E-state index contributed by atoms with van der Waals surface area (Å²) in [5.74, 6) is 0. The van der Waals surface area contributed by atoms with Gasteiger partial charge in [0, 0.05) is 0 Å². The van der Waals surface area contributed by atoms with Gasteiger partial charge in [-0.1, -0.05) is 218 Å². The first kappa shape index (κ1) is 38.2. The van der Waals surface area contributed by atoms with Crippen molar-refractivity contribution in [3.8, 4) is 44.5 Å². The van der Waals surface area contributed by atoms with Crippen molar-refractivity contribution in [1.82, 2.24) is 0 Å². The van der Waals surface area contributed by atoms with E-state index in [4.69, 9.17) is 0 Å². The van der Waals surface area contributed by atoms with Gasteiger partial charge in [0.25, 0.3) is 0 Å². The van der Waals surface area contributed by atoms with Crippen molar-refractivity contribution in [1.29, 1.82) is 0 Å². The van der Waals surface area contributed by atoms with Crippen LogP contribution < -0.4 is 0 Å². The third-order valence-corrected chi connectivity index (χ3v) is 14.0. The number of allylic oxidation sites excluding steroid dienone is 12. The minimum absolute atomic E-state index is 1.03. The summed E-state index contributed by atoms with van der Waals surface area (Å²) in [7, 11) is 0. The fourth-order valence-corrected chi connectivity index (χ4v) is 11.0. The third kappa shape index (κ3) is 6.52. The van der Waals surface area contributed by atoms with Crippen LogP contribution in [-0.2, 0) is 0 Å². The molecule has 0 saturated heterocycles. The molecular formula is C64H48. The Morgan fingerprint density at radius 2 is 0.578 bits per heavy atom. The topological polar surface area (TPSA) is 0 Å². The Labute approximate surface area is 376 Å². The molecule has 0 fully saturated rings. The minimum Gasteiger partial charge on any atom is -0.0842 e. The van der Waals surface area contributed by atoms with Gasteiger partial charge >= 0.3 is 0 Å². The molecule has 0 atom stereocenters. The highest BCUT2D eigenvalue weighted by molar-refractivity contribution is 6.30. The lowest BCUT2D eigenvalue weighted by atomic mass is 9.79. The maximum absolute atomic E-state index is 2.40. The van der Waals surface area contributed by atoms with E-state index in [1.165, 1.54) is 121 Å². The van der Waals surface area contributed by atoms with Crippen LogP contribution in [-0.4, -0.2) is 0 Å². The van der Waals surface area contributed by atoms with Crippen molar-refractivity contribution in [3.05, 3.63) is 241 Å². The van der Waals surface area contributed by atoms with E-state index in [2.05, 4.69) is 218 Å². The summed E-state index contributed by atoms with van der Waals surface area (Å²) in [6, 6.07) is 64.0. The molecule has 0 unspecified atom stereocenters. The highest BCUT2D eigenvalue weighted by Crippen LogP contribution is 2.52. The second-order valence-electron chi connectivity index (χ2n) is 17.6. The van der Waals surface area contributed by atoms with Gasteiger partial charge in [0.05, 0.1) is 0 Å². The maximum Gasteiger partial charge on any atom is -0.00139 e. The van der Waals surface area contributed by atoms with E-state index in [0.717, 1.165) is 38.5 Å². The molecule has 3 aliphatic rings. The van der Waals surface area contributed by atoms with Crippen LogP contribution >= 0.6 is 0 Å². The molecule has 0 N–H and O–H groups in total. The van der Waals surface area contributed by atoms with Crippen molar-refractivity contribution >= 4 is 54.2 Å². The van der Waals surface area contributed by atoms with E-state index in [-0.39, 0.29) is 0 Å². The molecule has 0 radical (unpaired) electrons. The largest absolute Gasteiger partial charge is 0.0842 e. The fraction of sp³-hybridized carbons (Fsp3) is 0.0938. The highest BCUT2D eigenvalue weighted by atomic mass is 14.3. The molecule has 0 bridgehead atoms. The van der Waals surface area contributed by atoms with Crippen LogP contribution in [0.25, 0.3) is 98.7 Å². The van der Waals surface area contributed by atoms with Gasteiger partial charge in [-0.3, -0.25) is 0 Å². The summed E-state index contributed by atoms with van der Waals surface area (Å²) in [6.07, 6.45) is 24.9. The van der Waals surface area contributed by atoms with Gasteiger partial charge in [-0.15, -0.1) is 0 Å². The van der Waals surface area contributed by atoms with Gasteiger partial charge in [-0.25, -0.2) is 0 Å². The Hall–Kier alpha value is -7.54. The van der Waals surface area contributed by atoms with Crippen molar-refractivity contribution in [2.24, 2.45) is 0 Å². The quantitative estimate of drug-likeness (QED) is 0.141. The van der Waals surface area contributed by atoms with E-state index < -0.39 is 0 Å². The average Bonchev–Trinajstić information content (AvgIpc) is 3.38. The number of rotatable bonds is 7. The standard InChI is InChI=1S/C64H48/c1-3-19-43(20-4-1)45-35-39-47(40-36-45)49-23-7-9-25-51(49)61-53-27-11-15-31-57(53)63(58-32-16-12-28-54(58)61)64-59-33-17-13-29-55(59)62(56-30-14-18-34-60(56)64)52-26-10-8-24-50(52)48-41-37-46(38-42-48)44-21-5-2-6-22-44/h1-3,5,7-19,21,23-37,39-41H,4,6,20,22,38,42H2. The van der Waals surface area contributed by atoms with Gasteiger partial charge < -0.3 is 0 Å². The van der Waals surface area contributed by atoms with Crippen molar-refractivity contribution < 1.29 is 0 Å². The molecule has 64 heavy (non-hydrogen) atoms. The first-order valence-electron chi connectivity index (χ1n) is 23.1. The Bertz CT molecular complexity index is 3410. The maximum atomic E-state index is 2.40. The molecule has 0 heterocycles. The van der Waals surface area contributed by atoms with Crippen molar-refractivity contribution in [2.75, 3.05) is 0 Å². The van der Waals surface area contributed by atoms with Crippen molar-refractivity contribution in [3.63, 3.8) is 0 Å². The molecule has 12 rings (SSSR count). The zero-order valence-corrected chi connectivity index (χ0v) is 36.0. The SMILES string of the molecule is C1=CCCC(C2=CC=C(c3ccccc3-c3c4ccccc4c(-c4c5ccccc5c(-c5ccccc5-c5ccc(C6=CC=CCC6)cc5)c5ccccc45)c4ccccc34)CC2)=C1. The van der Waals surface area contributed by atoms with Gasteiger partial charge in [0.2, 0.25) is 0 Å².